The third kappa shape index (κ3) is 2.65. The highest BCUT2D eigenvalue weighted by Crippen LogP contribution is 2.25. The predicted octanol–water partition coefficient (Wildman–Crippen LogP) is 3.84. The van der Waals surface area contributed by atoms with Crippen molar-refractivity contribution in [1.29, 1.82) is 0 Å². The summed E-state index contributed by atoms with van der Waals surface area (Å²) in [4.78, 5) is 19.0. The fourth-order valence-corrected chi connectivity index (χ4v) is 3.90. The highest BCUT2D eigenvalue weighted by atomic mass is 79.9. The van der Waals surface area contributed by atoms with Gasteiger partial charge in [-0.1, -0.05) is 27.3 Å². The van der Waals surface area contributed by atoms with Crippen molar-refractivity contribution in [3.8, 4) is 0 Å². The van der Waals surface area contributed by atoms with Crippen molar-refractivity contribution in [2.75, 3.05) is 5.75 Å². The minimum absolute atomic E-state index is 0.118. The molecule has 0 amide bonds. The first-order chi connectivity index (χ1) is 9.65. The van der Waals surface area contributed by atoms with Gasteiger partial charge in [0.1, 0.15) is 6.33 Å². The lowest BCUT2D eigenvalue weighted by Gasteiger charge is -2.01. The van der Waals surface area contributed by atoms with Crippen LogP contribution in [-0.4, -0.2) is 26.1 Å². The molecule has 2 heterocycles. The Hall–Kier alpha value is -1.18. The topological polar surface area (TPSA) is 47.3 Å². The Morgan fingerprint density at radius 3 is 2.85 bits per heavy atom. The summed E-state index contributed by atoms with van der Waals surface area (Å²) in [5, 5.41) is 4.10. The molecule has 0 saturated carbocycles. The van der Waals surface area contributed by atoms with Gasteiger partial charge in [0.15, 0.2) is 5.78 Å². The van der Waals surface area contributed by atoms with Crippen LogP contribution in [0.2, 0.25) is 0 Å². The number of aryl methyl sites for hydroxylation is 1. The van der Waals surface area contributed by atoms with E-state index in [-0.39, 0.29) is 5.78 Å². The predicted molar refractivity (Wildman–Crippen MR) is 84.8 cm³/mol. The van der Waals surface area contributed by atoms with Gasteiger partial charge in [-0.05, 0) is 31.2 Å². The standard InChI is InChI=1S/C13H10BrN3OS2/c1-8-12(20-13-15-7-16-17(8)13)11(18)6-19-10-4-2-9(14)3-5-10/h2-5,7H,6H2,1H3. The molecule has 7 heteroatoms. The summed E-state index contributed by atoms with van der Waals surface area (Å²) in [5.74, 6) is 0.541. The molecule has 102 valence electrons. The molecule has 4 nitrogen and oxygen atoms in total. The number of fused-ring (bicyclic) bond motifs is 1. The Morgan fingerprint density at radius 2 is 2.15 bits per heavy atom. The maximum Gasteiger partial charge on any atom is 0.212 e. The van der Waals surface area contributed by atoms with Gasteiger partial charge in [0, 0.05) is 9.37 Å². The summed E-state index contributed by atoms with van der Waals surface area (Å²) in [6.45, 7) is 1.90. The average molecular weight is 368 g/mol. The van der Waals surface area contributed by atoms with Gasteiger partial charge in [0.25, 0.3) is 0 Å². The van der Waals surface area contributed by atoms with E-state index < -0.39 is 0 Å². The number of carbonyl (C=O) groups is 1. The van der Waals surface area contributed by atoms with Crippen molar-refractivity contribution in [3.63, 3.8) is 0 Å². The molecule has 1 aromatic carbocycles. The number of ketones is 1. The number of benzene rings is 1. The van der Waals surface area contributed by atoms with Crippen LogP contribution in [0.5, 0.6) is 0 Å². The van der Waals surface area contributed by atoms with E-state index in [4.69, 9.17) is 0 Å². The molecule has 0 aliphatic heterocycles. The van der Waals surface area contributed by atoms with Gasteiger partial charge in [-0.3, -0.25) is 4.79 Å². The Labute approximate surface area is 132 Å². The molecule has 0 N–H and O–H groups in total. The largest absolute Gasteiger partial charge is 0.292 e. The fraction of sp³-hybridized carbons (Fsp3) is 0.154. The van der Waals surface area contributed by atoms with Crippen LogP contribution in [0.3, 0.4) is 0 Å². The van der Waals surface area contributed by atoms with Crippen LogP contribution in [0.1, 0.15) is 15.4 Å². The molecule has 3 aromatic rings. The first kappa shape index (κ1) is 13.8. The zero-order valence-corrected chi connectivity index (χ0v) is 13.8. The van der Waals surface area contributed by atoms with Gasteiger partial charge >= 0.3 is 0 Å². The van der Waals surface area contributed by atoms with Crippen molar-refractivity contribution < 1.29 is 4.79 Å². The number of aromatic nitrogens is 3. The van der Waals surface area contributed by atoms with Crippen LogP contribution < -0.4 is 0 Å². The SMILES string of the molecule is Cc1c(C(=O)CSc2ccc(Br)cc2)sc2ncnn12. The Bertz CT molecular complexity index is 764. The highest BCUT2D eigenvalue weighted by Gasteiger charge is 2.17. The summed E-state index contributed by atoms with van der Waals surface area (Å²) in [6.07, 6.45) is 1.50. The van der Waals surface area contributed by atoms with Crippen molar-refractivity contribution >= 4 is 49.8 Å². The minimum Gasteiger partial charge on any atom is -0.292 e. The molecule has 0 spiro atoms. The molecule has 0 aliphatic rings. The van der Waals surface area contributed by atoms with Crippen molar-refractivity contribution in [2.45, 2.75) is 11.8 Å². The molecule has 2 aromatic heterocycles. The van der Waals surface area contributed by atoms with E-state index in [0.29, 0.717) is 5.75 Å². The van der Waals surface area contributed by atoms with Gasteiger partial charge in [-0.25, -0.2) is 9.50 Å². The lowest BCUT2D eigenvalue weighted by Crippen LogP contribution is -2.03. The maximum atomic E-state index is 12.3. The molecule has 0 radical (unpaired) electrons. The number of thioether (sulfide) groups is 1. The zero-order valence-electron chi connectivity index (χ0n) is 10.5. The van der Waals surface area contributed by atoms with Crippen LogP contribution in [0.25, 0.3) is 4.96 Å². The van der Waals surface area contributed by atoms with E-state index >= 15 is 0 Å². The van der Waals surface area contributed by atoms with Crippen LogP contribution in [0.4, 0.5) is 0 Å². The summed E-state index contributed by atoms with van der Waals surface area (Å²) in [6, 6.07) is 7.94. The third-order valence-corrected chi connectivity index (χ3v) is 5.52. The number of halogens is 1. The first-order valence-corrected chi connectivity index (χ1v) is 8.45. The third-order valence-electron chi connectivity index (χ3n) is 2.79. The van der Waals surface area contributed by atoms with Crippen molar-refractivity contribution in [3.05, 3.63) is 45.6 Å². The number of hydrogen-bond acceptors (Lipinski definition) is 5. The minimum atomic E-state index is 0.118. The van der Waals surface area contributed by atoms with Crippen LogP contribution >= 0.6 is 39.0 Å². The lowest BCUT2D eigenvalue weighted by atomic mass is 10.3. The second-order valence-electron chi connectivity index (χ2n) is 4.14. The molecule has 0 aliphatic carbocycles. The van der Waals surface area contributed by atoms with Crippen molar-refractivity contribution in [2.24, 2.45) is 0 Å². The number of thiazole rings is 1. The van der Waals surface area contributed by atoms with Crippen molar-refractivity contribution in [1.82, 2.24) is 14.6 Å². The molecular weight excluding hydrogens is 358 g/mol. The van der Waals surface area contributed by atoms with Gasteiger partial charge in [-0.15, -0.1) is 11.8 Å². The maximum absolute atomic E-state index is 12.3. The number of nitrogens with zero attached hydrogens (tertiary/aromatic N) is 3. The monoisotopic (exact) mass is 367 g/mol. The smallest absolute Gasteiger partial charge is 0.212 e. The molecule has 0 saturated heterocycles. The molecule has 0 unspecified atom stereocenters. The second-order valence-corrected chi connectivity index (χ2v) is 7.08. The Kier molecular flexibility index (Phi) is 3.91. The summed E-state index contributed by atoms with van der Waals surface area (Å²) < 4.78 is 2.75. The number of hydrogen-bond donors (Lipinski definition) is 0. The highest BCUT2D eigenvalue weighted by molar-refractivity contribution is 9.10. The second kappa shape index (κ2) is 5.67. The van der Waals surface area contributed by atoms with Gasteiger partial charge < -0.3 is 0 Å². The normalized spacial score (nSPS) is 11.1. The van der Waals surface area contributed by atoms with Crippen LogP contribution in [-0.2, 0) is 0 Å². The fourth-order valence-electron chi connectivity index (χ4n) is 1.80. The number of Topliss-reactive ketones (excluding diaryl/α,β-unsaturated/α-hetero) is 1. The number of rotatable bonds is 4. The van der Waals surface area contributed by atoms with E-state index in [2.05, 4.69) is 26.0 Å². The summed E-state index contributed by atoms with van der Waals surface area (Å²) >= 11 is 6.33. The van der Waals surface area contributed by atoms with Gasteiger partial charge in [-0.2, -0.15) is 5.10 Å². The van der Waals surface area contributed by atoms with E-state index in [1.165, 1.54) is 29.4 Å². The van der Waals surface area contributed by atoms with Crippen LogP contribution in [0, 0.1) is 6.92 Å². The molecule has 0 bridgehead atoms. The Morgan fingerprint density at radius 1 is 1.40 bits per heavy atom. The van der Waals surface area contributed by atoms with Gasteiger partial charge in [0.2, 0.25) is 4.96 Å². The molecule has 0 atom stereocenters. The van der Waals surface area contributed by atoms with E-state index in [1.54, 1.807) is 4.52 Å². The van der Waals surface area contributed by atoms with Gasteiger partial charge in [0.05, 0.1) is 16.3 Å². The molecule has 0 fully saturated rings. The summed E-state index contributed by atoms with van der Waals surface area (Å²) in [5.41, 5.74) is 0.865. The quantitative estimate of drug-likeness (QED) is 0.519. The number of carbonyl (C=O) groups excluding carboxylic acids is 1. The Balaban J connectivity index is 1.74. The van der Waals surface area contributed by atoms with Crippen LogP contribution in [0.15, 0.2) is 40.0 Å². The first-order valence-electron chi connectivity index (χ1n) is 5.86. The zero-order chi connectivity index (χ0) is 14.1. The molecule has 20 heavy (non-hydrogen) atoms. The lowest BCUT2D eigenvalue weighted by molar-refractivity contribution is 0.102. The van der Waals surface area contributed by atoms with E-state index in [0.717, 1.165) is 24.9 Å². The van der Waals surface area contributed by atoms with E-state index in [1.807, 2.05) is 31.2 Å². The molecular formula is C13H10BrN3OS2. The average Bonchev–Trinajstić information content (AvgIpc) is 3.01. The summed E-state index contributed by atoms with van der Waals surface area (Å²) in [7, 11) is 0. The van der Waals surface area contributed by atoms with E-state index in [9.17, 15) is 4.79 Å². The molecule has 3 rings (SSSR count).